The average molecular weight is 358 g/mol. The normalized spacial score (nSPS) is 17.4. The van der Waals surface area contributed by atoms with Crippen molar-refractivity contribution in [3.8, 4) is 0 Å². The molecule has 1 saturated heterocycles. The highest BCUT2D eigenvalue weighted by atomic mass is 79.9. The summed E-state index contributed by atoms with van der Waals surface area (Å²) in [4.78, 5) is 13.9. The van der Waals surface area contributed by atoms with E-state index in [0.29, 0.717) is 25.8 Å². The Morgan fingerprint density at radius 3 is 2.89 bits per heavy atom. The second-order valence-corrected chi connectivity index (χ2v) is 6.34. The summed E-state index contributed by atoms with van der Waals surface area (Å²) >= 11 is 9.47. The zero-order valence-corrected chi connectivity index (χ0v) is 12.9. The number of halogens is 2. The maximum atomic E-state index is 13.7. The van der Waals surface area contributed by atoms with Crippen LogP contribution < -0.4 is 0 Å². The van der Waals surface area contributed by atoms with E-state index in [2.05, 4.69) is 22.5 Å². The van der Waals surface area contributed by atoms with Gasteiger partial charge in [0.05, 0.1) is 4.91 Å². The Balaban J connectivity index is 2.32. The first-order valence-corrected chi connectivity index (χ1v) is 7.36. The molecule has 1 fully saturated rings. The highest BCUT2D eigenvalue weighted by molar-refractivity contribution is 9.10. The standard InChI is InChI=1S/C13H9BrFNOS2/c1-2-5-16-12(17)11(19-13(16)18)6-8-3-4-9(14)7-10(8)15/h2-4,6-7H,1,5H2/b11-6-. The summed E-state index contributed by atoms with van der Waals surface area (Å²) in [5, 5.41) is 0. The number of thiocarbonyl (C=S) groups is 1. The summed E-state index contributed by atoms with van der Waals surface area (Å²) in [7, 11) is 0. The molecule has 0 aliphatic carbocycles. The molecule has 1 heterocycles. The summed E-state index contributed by atoms with van der Waals surface area (Å²) < 4.78 is 14.8. The van der Waals surface area contributed by atoms with Gasteiger partial charge in [-0.2, -0.15) is 0 Å². The van der Waals surface area contributed by atoms with Gasteiger partial charge in [0, 0.05) is 16.6 Å². The zero-order chi connectivity index (χ0) is 14.0. The van der Waals surface area contributed by atoms with Crippen molar-refractivity contribution in [2.75, 3.05) is 6.54 Å². The van der Waals surface area contributed by atoms with Crippen molar-refractivity contribution in [1.29, 1.82) is 0 Å². The first kappa shape index (κ1) is 14.4. The lowest BCUT2D eigenvalue weighted by Crippen LogP contribution is -2.27. The molecule has 0 aromatic heterocycles. The summed E-state index contributed by atoms with van der Waals surface area (Å²) in [5.74, 6) is -0.597. The highest BCUT2D eigenvalue weighted by Crippen LogP contribution is 2.33. The molecule has 2 rings (SSSR count). The minimum absolute atomic E-state index is 0.211. The number of carbonyl (C=O) groups is 1. The van der Waals surface area contributed by atoms with E-state index in [1.165, 1.54) is 28.8 Å². The Morgan fingerprint density at radius 1 is 1.53 bits per heavy atom. The van der Waals surface area contributed by atoms with Crippen molar-refractivity contribution in [3.63, 3.8) is 0 Å². The fourth-order valence-electron chi connectivity index (χ4n) is 1.55. The van der Waals surface area contributed by atoms with Crippen molar-refractivity contribution in [2.24, 2.45) is 0 Å². The van der Waals surface area contributed by atoms with E-state index in [0.717, 1.165) is 0 Å². The van der Waals surface area contributed by atoms with Gasteiger partial charge in [0.1, 0.15) is 10.1 Å². The fraction of sp³-hybridized carbons (Fsp3) is 0.0769. The molecule has 0 radical (unpaired) electrons. The molecule has 1 aromatic rings. The Morgan fingerprint density at radius 2 is 2.26 bits per heavy atom. The molecule has 0 N–H and O–H groups in total. The molecule has 0 spiro atoms. The van der Waals surface area contributed by atoms with E-state index in [-0.39, 0.29) is 11.7 Å². The van der Waals surface area contributed by atoms with Gasteiger partial charge >= 0.3 is 0 Å². The van der Waals surface area contributed by atoms with Crippen LogP contribution in [0, 0.1) is 5.82 Å². The van der Waals surface area contributed by atoms with Crippen molar-refractivity contribution in [1.82, 2.24) is 4.90 Å². The smallest absolute Gasteiger partial charge is 0.266 e. The number of hydrogen-bond acceptors (Lipinski definition) is 3. The minimum atomic E-state index is -0.386. The van der Waals surface area contributed by atoms with E-state index < -0.39 is 0 Å². The zero-order valence-electron chi connectivity index (χ0n) is 9.73. The Bertz CT molecular complexity index is 600. The third kappa shape index (κ3) is 3.13. The SMILES string of the molecule is C=CCN1C(=O)/C(=C/c2ccc(Br)cc2F)SC1=S. The fourth-order valence-corrected chi connectivity index (χ4v) is 3.15. The van der Waals surface area contributed by atoms with Crippen LogP contribution in [0.1, 0.15) is 5.56 Å². The van der Waals surface area contributed by atoms with Gasteiger partial charge in [0.2, 0.25) is 0 Å². The topological polar surface area (TPSA) is 20.3 Å². The van der Waals surface area contributed by atoms with Gasteiger partial charge in [0.15, 0.2) is 0 Å². The maximum absolute atomic E-state index is 13.7. The third-order valence-electron chi connectivity index (χ3n) is 2.43. The number of carbonyl (C=O) groups excluding carboxylic acids is 1. The van der Waals surface area contributed by atoms with E-state index >= 15 is 0 Å². The molecule has 1 aliphatic heterocycles. The van der Waals surface area contributed by atoms with E-state index in [1.54, 1.807) is 18.2 Å². The maximum Gasteiger partial charge on any atom is 0.266 e. The number of benzene rings is 1. The molecule has 19 heavy (non-hydrogen) atoms. The molecular formula is C13H9BrFNOS2. The Hall–Kier alpha value is -0.980. The Labute approximate surface area is 128 Å². The number of hydrogen-bond donors (Lipinski definition) is 0. The molecule has 0 unspecified atom stereocenters. The molecule has 1 aliphatic rings. The van der Waals surface area contributed by atoms with Crippen LogP contribution in [0.2, 0.25) is 0 Å². The molecule has 0 bridgehead atoms. The highest BCUT2D eigenvalue weighted by Gasteiger charge is 2.31. The minimum Gasteiger partial charge on any atom is -0.289 e. The van der Waals surface area contributed by atoms with Crippen LogP contribution in [-0.2, 0) is 4.79 Å². The molecule has 2 nitrogen and oxygen atoms in total. The number of nitrogens with zero attached hydrogens (tertiary/aromatic N) is 1. The van der Waals surface area contributed by atoms with Gasteiger partial charge in [0.25, 0.3) is 5.91 Å². The number of rotatable bonds is 3. The average Bonchev–Trinajstić information content (AvgIpc) is 2.61. The lowest BCUT2D eigenvalue weighted by Gasteiger charge is -2.10. The van der Waals surface area contributed by atoms with Gasteiger partial charge in [-0.1, -0.05) is 52.1 Å². The van der Waals surface area contributed by atoms with Crippen LogP contribution in [0.3, 0.4) is 0 Å². The lowest BCUT2D eigenvalue weighted by atomic mass is 10.2. The van der Waals surface area contributed by atoms with Crippen LogP contribution in [0.4, 0.5) is 4.39 Å². The van der Waals surface area contributed by atoms with Gasteiger partial charge in [-0.15, -0.1) is 6.58 Å². The van der Waals surface area contributed by atoms with Gasteiger partial charge in [-0.25, -0.2) is 4.39 Å². The van der Waals surface area contributed by atoms with E-state index in [4.69, 9.17) is 12.2 Å². The van der Waals surface area contributed by atoms with Crippen LogP contribution in [0.15, 0.2) is 40.2 Å². The number of amides is 1. The molecule has 1 amide bonds. The van der Waals surface area contributed by atoms with Gasteiger partial charge < -0.3 is 0 Å². The van der Waals surface area contributed by atoms with E-state index in [1.807, 2.05) is 0 Å². The predicted molar refractivity (Wildman–Crippen MR) is 84.2 cm³/mol. The van der Waals surface area contributed by atoms with E-state index in [9.17, 15) is 9.18 Å². The van der Waals surface area contributed by atoms with Crippen molar-refractivity contribution < 1.29 is 9.18 Å². The second-order valence-electron chi connectivity index (χ2n) is 3.75. The van der Waals surface area contributed by atoms with Crippen molar-refractivity contribution >= 4 is 56.2 Å². The number of thioether (sulfide) groups is 1. The second kappa shape index (κ2) is 5.98. The molecule has 6 heteroatoms. The summed E-state index contributed by atoms with van der Waals surface area (Å²) in [6, 6.07) is 4.69. The molecule has 0 saturated carbocycles. The van der Waals surface area contributed by atoms with Gasteiger partial charge in [-0.3, -0.25) is 9.69 Å². The molecular weight excluding hydrogens is 349 g/mol. The van der Waals surface area contributed by atoms with Crippen LogP contribution in [-0.4, -0.2) is 21.7 Å². The molecule has 1 aromatic carbocycles. The third-order valence-corrected chi connectivity index (χ3v) is 4.31. The molecule has 98 valence electrons. The Kier molecular flexibility index (Phi) is 4.54. The largest absolute Gasteiger partial charge is 0.289 e. The summed E-state index contributed by atoms with van der Waals surface area (Å²) in [6.07, 6.45) is 3.12. The van der Waals surface area contributed by atoms with Crippen LogP contribution >= 0.6 is 39.9 Å². The first-order valence-electron chi connectivity index (χ1n) is 5.34. The van der Waals surface area contributed by atoms with Gasteiger partial charge in [-0.05, 0) is 18.2 Å². The quantitative estimate of drug-likeness (QED) is 0.463. The van der Waals surface area contributed by atoms with Crippen molar-refractivity contribution in [2.45, 2.75) is 0 Å². The first-order chi connectivity index (χ1) is 9.02. The predicted octanol–water partition coefficient (Wildman–Crippen LogP) is 3.98. The monoisotopic (exact) mass is 357 g/mol. The van der Waals surface area contributed by atoms with Crippen LogP contribution in [0.5, 0.6) is 0 Å². The molecule has 0 atom stereocenters. The summed E-state index contributed by atoms with van der Waals surface area (Å²) in [6.45, 7) is 3.94. The lowest BCUT2D eigenvalue weighted by molar-refractivity contribution is -0.121. The van der Waals surface area contributed by atoms with Crippen LogP contribution in [0.25, 0.3) is 6.08 Å². The summed E-state index contributed by atoms with van der Waals surface area (Å²) in [5.41, 5.74) is 0.363. The van der Waals surface area contributed by atoms with Crippen molar-refractivity contribution in [3.05, 3.63) is 51.6 Å².